The molecule has 2 amide bonds. The lowest BCUT2D eigenvalue weighted by Gasteiger charge is -2.34. The molecule has 0 bridgehead atoms. The first kappa shape index (κ1) is 22.6. The van der Waals surface area contributed by atoms with E-state index in [4.69, 9.17) is 18.6 Å². The van der Waals surface area contributed by atoms with Crippen LogP contribution in [-0.4, -0.2) is 79.5 Å². The molecule has 0 spiro atoms. The fourth-order valence-electron chi connectivity index (χ4n) is 3.19. The maximum absolute atomic E-state index is 12.4. The first-order valence-electron chi connectivity index (χ1n) is 9.53. The minimum atomic E-state index is -1.04. The number of furan rings is 1. The summed E-state index contributed by atoms with van der Waals surface area (Å²) in [5.74, 6) is -1.39. The molecule has 0 aliphatic carbocycles. The molecular weight excluding hydrogens is 426 g/mol. The predicted molar refractivity (Wildman–Crippen MR) is 108 cm³/mol. The largest absolute Gasteiger partial charge is 0.493 e. The molecule has 0 saturated carbocycles. The van der Waals surface area contributed by atoms with Crippen molar-refractivity contribution < 1.29 is 37.9 Å². The Bertz CT molecular complexity index is 1010. The van der Waals surface area contributed by atoms with Gasteiger partial charge in [0.25, 0.3) is 17.5 Å². The first-order valence-corrected chi connectivity index (χ1v) is 9.53. The number of hydrogen-bond donors (Lipinski definition) is 0. The molecule has 2 aromatic rings. The Hall–Kier alpha value is -4.09. The van der Waals surface area contributed by atoms with Gasteiger partial charge >= 0.3 is 5.97 Å². The molecule has 1 aromatic heterocycles. The lowest BCUT2D eigenvalue weighted by molar-refractivity contribution is -0.385. The monoisotopic (exact) mass is 447 g/mol. The number of hydrogen-bond acceptors (Lipinski definition) is 9. The van der Waals surface area contributed by atoms with Crippen molar-refractivity contribution in [2.75, 3.05) is 47.0 Å². The van der Waals surface area contributed by atoms with Gasteiger partial charge in [0.05, 0.1) is 31.5 Å². The number of piperazine rings is 1. The number of nitrogens with zero attached hydrogens (tertiary/aromatic N) is 3. The van der Waals surface area contributed by atoms with Crippen LogP contribution in [0.4, 0.5) is 5.69 Å². The lowest BCUT2D eigenvalue weighted by Crippen LogP contribution is -2.51. The third kappa shape index (κ3) is 4.79. The van der Waals surface area contributed by atoms with Crippen molar-refractivity contribution in [2.24, 2.45) is 0 Å². The zero-order valence-electron chi connectivity index (χ0n) is 17.4. The summed E-state index contributed by atoms with van der Waals surface area (Å²) in [7, 11) is 2.62. The average Bonchev–Trinajstić information content (AvgIpc) is 3.35. The molecule has 12 heteroatoms. The number of nitro groups is 1. The molecule has 1 fully saturated rings. The molecule has 170 valence electrons. The maximum atomic E-state index is 12.4. The van der Waals surface area contributed by atoms with Gasteiger partial charge in [0.15, 0.2) is 23.9 Å². The summed E-state index contributed by atoms with van der Waals surface area (Å²) < 4.78 is 20.2. The van der Waals surface area contributed by atoms with Crippen molar-refractivity contribution in [3.8, 4) is 11.5 Å². The Morgan fingerprint density at radius 2 is 1.69 bits per heavy atom. The van der Waals surface area contributed by atoms with Crippen LogP contribution in [-0.2, 0) is 9.53 Å². The van der Waals surface area contributed by atoms with Gasteiger partial charge in [0, 0.05) is 32.2 Å². The second-order valence-corrected chi connectivity index (χ2v) is 6.71. The van der Waals surface area contributed by atoms with Gasteiger partial charge in [-0.25, -0.2) is 4.79 Å². The van der Waals surface area contributed by atoms with Crippen LogP contribution in [0, 0.1) is 10.1 Å². The number of rotatable bonds is 7. The highest BCUT2D eigenvalue weighted by Gasteiger charge is 2.29. The van der Waals surface area contributed by atoms with Crippen LogP contribution in [0.2, 0.25) is 0 Å². The molecule has 0 radical (unpaired) electrons. The minimum Gasteiger partial charge on any atom is -0.493 e. The van der Waals surface area contributed by atoms with Crippen LogP contribution in [0.3, 0.4) is 0 Å². The quantitative estimate of drug-likeness (QED) is 0.349. The highest BCUT2D eigenvalue weighted by Crippen LogP contribution is 2.34. The van der Waals surface area contributed by atoms with Crippen LogP contribution < -0.4 is 9.47 Å². The maximum Gasteiger partial charge on any atom is 0.345 e. The van der Waals surface area contributed by atoms with E-state index in [2.05, 4.69) is 0 Å². The lowest BCUT2D eigenvalue weighted by atomic mass is 10.1. The topological polar surface area (TPSA) is 142 Å². The molecule has 32 heavy (non-hydrogen) atoms. The van der Waals surface area contributed by atoms with Gasteiger partial charge in [0.2, 0.25) is 0 Å². The molecule has 3 rings (SSSR count). The van der Waals surface area contributed by atoms with Gasteiger partial charge in [-0.1, -0.05) is 0 Å². The van der Waals surface area contributed by atoms with E-state index in [1.165, 1.54) is 25.4 Å². The van der Waals surface area contributed by atoms with Crippen molar-refractivity contribution in [3.05, 3.63) is 52.0 Å². The summed E-state index contributed by atoms with van der Waals surface area (Å²) in [5, 5.41) is 11.3. The van der Waals surface area contributed by atoms with Crippen molar-refractivity contribution in [3.63, 3.8) is 0 Å². The second kappa shape index (κ2) is 9.81. The molecule has 1 aromatic carbocycles. The van der Waals surface area contributed by atoms with Gasteiger partial charge in [-0.15, -0.1) is 0 Å². The van der Waals surface area contributed by atoms with E-state index in [-0.39, 0.29) is 41.8 Å². The number of carbonyl (C=O) groups is 3. The summed E-state index contributed by atoms with van der Waals surface area (Å²) in [5.41, 5.74) is -0.903. The molecule has 1 aliphatic rings. The van der Waals surface area contributed by atoms with Crippen LogP contribution >= 0.6 is 0 Å². The molecule has 0 unspecified atom stereocenters. The highest BCUT2D eigenvalue weighted by molar-refractivity contribution is 5.96. The highest BCUT2D eigenvalue weighted by atomic mass is 16.6. The minimum absolute atomic E-state index is 0.0776. The Balaban J connectivity index is 1.59. The standard InChI is InChI=1S/C20H21N3O9/c1-29-16-10-13(14(23(27)28)11-17(16)30-2)20(26)32-12-18(24)21-5-7-22(8-6-21)19(25)15-4-3-9-31-15/h3-4,9-11H,5-8,12H2,1-2H3. The zero-order chi connectivity index (χ0) is 23.3. The Labute approximate surface area is 182 Å². The Morgan fingerprint density at radius 1 is 1.06 bits per heavy atom. The van der Waals surface area contributed by atoms with E-state index in [9.17, 15) is 24.5 Å². The first-order chi connectivity index (χ1) is 15.3. The van der Waals surface area contributed by atoms with Crippen LogP contribution in [0.25, 0.3) is 0 Å². The van der Waals surface area contributed by atoms with E-state index in [1.807, 2.05) is 0 Å². The fourth-order valence-corrected chi connectivity index (χ4v) is 3.19. The van der Waals surface area contributed by atoms with Crippen LogP contribution in [0.15, 0.2) is 34.9 Å². The molecule has 1 aliphatic heterocycles. The van der Waals surface area contributed by atoms with Gasteiger partial charge in [-0.05, 0) is 12.1 Å². The predicted octanol–water partition coefficient (Wildman–Crippen LogP) is 1.35. The number of esters is 1. The molecule has 12 nitrogen and oxygen atoms in total. The summed E-state index contributed by atoms with van der Waals surface area (Å²) in [6.45, 7) is 0.482. The second-order valence-electron chi connectivity index (χ2n) is 6.71. The van der Waals surface area contributed by atoms with E-state index in [1.54, 1.807) is 17.0 Å². The number of carbonyl (C=O) groups excluding carboxylic acids is 3. The molecule has 2 heterocycles. The molecule has 0 N–H and O–H groups in total. The summed E-state index contributed by atoms with van der Waals surface area (Å²) >= 11 is 0. The van der Waals surface area contributed by atoms with Gasteiger partial charge in [-0.2, -0.15) is 0 Å². The third-order valence-electron chi connectivity index (χ3n) is 4.90. The fraction of sp³-hybridized carbons (Fsp3) is 0.350. The number of nitro benzene ring substituents is 1. The van der Waals surface area contributed by atoms with Crippen LogP contribution in [0.1, 0.15) is 20.9 Å². The number of benzene rings is 1. The summed E-state index contributed by atoms with van der Waals surface area (Å²) in [6, 6.07) is 5.35. The normalized spacial score (nSPS) is 13.4. The van der Waals surface area contributed by atoms with Crippen molar-refractivity contribution in [1.29, 1.82) is 0 Å². The Morgan fingerprint density at radius 3 is 2.25 bits per heavy atom. The zero-order valence-corrected chi connectivity index (χ0v) is 17.4. The number of methoxy groups -OCH3 is 2. The van der Waals surface area contributed by atoms with Crippen molar-refractivity contribution in [2.45, 2.75) is 0 Å². The smallest absolute Gasteiger partial charge is 0.345 e. The van der Waals surface area contributed by atoms with Crippen LogP contribution in [0.5, 0.6) is 11.5 Å². The van der Waals surface area contributed by atoms with Crippen molar-refractivity contribution in [1.82, 2.24) is 9.80 Å². The molecule has 1 saturated heterocycles. The van der Waals surface area contributed by atoms with Crippen molar-refractivity contribution >= 4 is 23.5 Å². The summed E-state index contributed by atoms with van der Waals surface area (Å²) in [4.78, 5) is 50.7. The Kier molecular flexibility index (Phi) is 6.93. The molecular formula is C20H21N3O9. The number of ether oxygens (including phenoxy) is 3. The molecule has 0 atom stereocenters. The van der Waals surface area contributed by atoms with Gasteiger partial charge in [0.1, 0.15) is 5.56 Å². The average molecular weight is 447 g/mol. The summed E-state index contributed by atoms with van der Waals surface area (Å²) in [6.07, 6.45) is 1.41. The number of amides is 2. The van der Waals surface area contributed by atoms with Gasteiger partial charge < -0.3 is 28.4 Å². The van der Waals surface area contributed by atoms with E-state index < -0.39 is 29.1 Å². The van der Waals surface area contributed by atoms with E-state index in [0.29, 0.717) is 13.1 Å². The van der Waals surface area contributed by atoms with E-state index in [0.717, 1.165) is 12.1 Å². The van der Waals surface area contributed by atoms with Gasteiger partial charge in [-0.3, -0.25) is 19.7 Å². The third-order valence-corrected chi connectivity index (χ3v) is 4.90. The van der Waals surface area contributed by atoms with E-state index >= 15 is 0 Å². The SMILES string of the molecule is COc1cc(C(=O)OCC(=O)N2CCN(C(=O)c3ccco3)CC2)c([N+](=O)[O-])cc1OC.